The summed E-state index contributed by atoms with van der Waals surface area (Å²) in [6, 6.07) is 15.0. The van der Waals surface area contributed by atoms with E-state index in [1.807, 2.05) is 0 Å². The molecule has 0 heterocycles. The fourth-order valence-electron chi connectivity index (χ4n) is 6.02. The van der Waals surface area contributed by atoms with E-state index in [1.54, 1.807) is 36.4 Å². The van der Waals surface area contributed by atoms with Crippen molar-refractivity contribution in [2.45, 2.75) is 25.0 Å². The normalized spacial score (nSPS) is 17.4. The molecule has 0 aliphatic heterocycles. The number of fused-ring (bicyclic) bond motifs is 4. The van der Waals surface area contributed by atoms with Crippen molar-refractivity contribution in [3.05, 3.63) is 116 Å². The number of rotatable bonds is 3. The van der Waals surface area contributed by atoms with E-state index < -0.39 is 36.6 Å². The molecule has 8 nitrogen and oxygen atoms in total. The minimum Gasteiger partial charge on any atom is -0.507 e. The molecule has 38 heavy (non-hydrogen) atoms. The summed E-state index contributed by atoms with van der Waals surface area (Å²) in [7, 11) is 0. The highest BCUT2D eigenvalue weighted by molar-refractivity contribution is 6.18. The summed E-state index contributed by atoms with van der Waals surface area (Å²) in [5, 5.41) is 63.1. The minimum atomic E-state index is -0.803. The molecular weight excluding hydrogens is 488 g/mol. The first kappa shape index (κ1) is 23.7. The minimum absolute atomic E-state index is 0.0141. The Hall–Kier alpha value is -4.66. The molecule has 0 bridgehead atoms. The number of benzene rings is 4. The van der Waals surface area contributed by atoms with E-state index in [9.17, 15) is 40.2 Å². The Balaban J connectivity index is 1.77. The smallest absolute Gasteiger partial charge is 0.201 e. The second-order valence-corrected chi connectivity index (χ2v) is 9.57. The fourth-order valence-corrected chi connectivity index (χ4v) is 6.02. The molecule has 0 amide bonds. The number of phenolic OH excluding ortho intramolecular Hbond substituents is 4. The maximum atomic E-state index is 13.6. The Morgan fingerprint density at radius 3 is 1.24 bits per heavy atom. The molecule has 4 aromatic carbocycles. The second kappa shape index (κ2) is 8.44. The average molecular weight is 510 g/mol. The zero-order valence-electron chi connectivity index (χ0n) is 19.8. The van der Waals surface area contributed by atoms with Crippen LogP contribution in [-0.2, 0) is 13.2 Å². The van der Waals surface area contributed by atoms with Crippen LogP contribution in [0.25, 0.3) is 0 Å². The molecule has 0 aromatic heterocycles. The summed E-state index contributed by atoms with van der Waals surface area (Å²) in [4.78, 5) is 27.2. The van der Waals surface area contributed by atoms with Gasteiger partial charge in [-0.2, -0.15) is 0 Å². The van der Waals surface area contributed by atoms with Crippen molar-refractivity contribution in [1.82, 2.24) is 0 Å². The SMILES string of the molecule is O=C1c2c(O)cccc2C(C2c3cccc(O)c3C(=O)c3c(O)cc(CO)cc32)c2cc(CO)cc(O)c21. The number of hydrogen-bond acceptors (Lipinski definition) is 8. The standard InChI is InChI=1S/C30H22O8/c31-11-13-7-17-23(15-3-1-5-19(33)25(15)29(37)27(17)21(35)9-13)24-16-4-2-6-20(34)26(16)30(38)28-18(24)8-14(12-32)10-22(28)36/h1-10,23-24,31-36H,11-12H2. The molecule has 8 heteroatoms. The summed E-state index contributed by atoms with van der Waals surface area (Å²) >= 11 is 0. The number of aromatic hydroxyl groups is 4. The lowest BCUT2D eigenvalue weighted by atomic mass is 9.63. The van der Waals surface area contributed by atoms with Crippen molar-refractivity contribution in [3.63, 3.8) is 0 Å². The highest BCUT2D eigenvalue weighted by atomic mass is 16.3. The first-order valence-corrected chi connectivity index (χ1v) is 11.9. The van der Waals surface area contributed by atoms with Gasteiger partial charge in [-0.25, -0.2) is 0 Å². The van der Waals surface area contributed by atoms with Gasteiger partial charge in [-0.3, -0.25) is 9.59 Å². The Morgan fingerprint density at radius 1 is 0.500 bits per heavy atom. The van der Waals surface area contributed by atoms with Crippen LogP contribution in [0.3, 0.4) is 0 Å². The lowest BCUT2D eigenvalue weighted by Crippen LogP contribution is -2.29. The zero-order valence-corrected chi connectivity index (χ0v) is 19.8. The van der Waals surface area contributed by atoms with Gasteiger partial charge in [0.25, 0.3) is 0 Å². The van der Waals surface area contributed by atoms with Crippen molar-refractivity contribution >= 4 is 11.6 Å². The van der Waals surface area contributed by atoms with Gasteiger partial charge in [-0.05, 0) is 57.6 Å². The van der Waals surface area contributed by atoms with E-state index in [0.717, 1.165) is 0 Å². The molecule has 2 aliphatic rings. The van der Waals surface area contributed by atoms with E-state index in [0.29, 0.717) is 33.4 Å². The third-order valence-corrected chi connectivity index (χ3v) is 7.51. The van der Waals surface area contributed by atoms with Crippen molar-refractivity contribution in [3.8, 4) is 23.0 Å². The maximum absolute atomic E-state index is 13.6. The van der Waals surface area contributed by atoms with Crippen molar-refractivity contribution < 1.29 is 40.2 Å². The molecule has 2 atom stereocenters. The number of aliphatic hydroxyl groups excluding tert-OH is 2. The van der Waals surface area contributed by atoms with Gasteiger partial charge in [-0.1, -0.05) is 36.4 Å². The molecule has 0 radical (unpaired) electrons. The van der Waals surface area contributed by atoms with E-state index in [-0.39, 0.29) is 45.3 Å². The van der Waals surface area contributed by atoms with Crippen LogP contribution in [0.1, 0.15) is 77.1 Å². The molecule has 4 aromatic rings. The number of ketones is 2. The lowest BCUT2D eigenvalue weighted by Gasteiger charge is -2.38. The van der Waals surface area contributed by atoms with Crippen LogP contribution in [0.4, 0.5) is 0 Å². The van der Waals surface area contributed by atoms with Crippen molar-refractivity contribution in [1.29, 1.82) is 0 Å². The molecular formula is C30H22O8. The molecule has 190 valence electrons. The van der Waals surface area contributed by atoms with Crippen LogP contribution in [0.15, 0.2) is 60.7 Å². The Labute approximate surface area is 216 Å². The van der Waals surface area contributed by atoms with E-state index in [4.69, 9.17) is 0 Å². The van der Waals surface area contributed by atoms with E-state index >= 15 is 0 Å². The van der Waals surface area contributed by atoms with Gasteiger partial charge in [-0.15, -0.1) is 0 Å². The summed E-state index contributed by atoms with van der Waals surface area (Å²) in [6.45, 7) is -0.831. The second-order valence-electron chi connectivity index (χ2n) is 9.57. The highest BCUT2D eigenvalue weighted by Gasteiger charge is 2.45. The van der Waals surface area contributed by atoms with E-state index in [2.05, 4.69) is 0 Å². The number of phenols is 4. The van der Waals surface area contributed by atoms with Gasteiger partial charge in [0.15, 0.2) is 0 Å². The topological polar surface area (TPSA) is 156 Å². The van der Waals surface area contributed by atoms with E-state index in [1.165, 1.54) is 24.3 Å². The van der Waals surface area contributed by atoms with Crippen LogP contribution in [0.5, 0.6) is 23.0 Å². The predicted octanol–water partition coefficient (Wildman–Crippen LogP) is 3.55. The van der Waals surface area contributed by atoms with Gasteiger partial charge in [0.2, 0.25) is 11.6 Å². The molecule has 0 fully saturated rings. The molecule has 0 saturated heterocycles. The number of carbonyl (C=O) groups is 2. The Bertz CT molecular complexity index is 1560. The monoisotopic (exact) mass is 510 g/mol. The van der Waals surface area contributed by atoms with Crippen LogP contribution in [0.2, 0.25) is 0 Å². The predicted molar refractivity (Wildman–Crippen MR) is 135 cm³/mol. The van der Waals surface area contributed by atoms with Crippen LogP contribution >= 0.6 is 0 Å². The maximum Gasteiger partial charge on any atom is 0.201 e. The Kier molecular flexibility index (Phi) is 5.27. The number of carbonyl (C=O) groups excluding carboxylic acids is 2. The lowest BCUT2D eigenvalue weighted by molar-refractivity contribution is 0.101. The quantitative estimate of drug-likeness (QED) is 0.244. The molecule has 0 spiro atoms. The highest BCUT2D eigenvalue weighted by Crippen LogP contribution is 2.55. The third-order valence-electron chi connectivity index (χ3n) is 7.51. The summed E-state index contributed by atoms with van der Waals surface area (Å²) in [5.41, 5.74) is 2.08. The fraction of sp³-hybridized carbons (Fsp3) is 0.133. The molecule has 2 unspecified atom stereocenters. The Morgan fingerprint density at radius 2 is 0.868 bits per heavy atom. The van der Waals surface area contributed by atoms with Crippen LogP contribution < -0.4 is 0 Å². The molecule has 2 aliphatic carbocycles. The van der Waals surface area contributed by atoms with Crippen molar-refractivity contribution in [2.24, 2.45) is 0 Å². The van der Waals surface area contributed by atoms with Gasteiger partial charge >= 0.3 is 0 Å². The van der Waals surface area contributed by atoms with Gasteiger partial charge in [0.05, 0.1) is 35.5 Å². The summed E-state index contributed by atoms with van der Waals surface area (Å²) in [5.74, 6) is -4.11. The van der Waals surface area contributed by atoms with Crippen LogP contribution in [-0.4, -0.2) is 42.2 Å². The molecule has 6 N–H and O–H groups in total. The van der Waals surface area contributed by atoms with Gasteiger partial charge in [0.1, 0.15) is 23.0 Å². The first-order valence-electron chi connectivity index (χ1n) is 11.9. The molecule has 6 rings (SSSR count). The number of hydrogen-bond donors (Lipinski definition) is 6. The third kappa shape index (κ3) is 3.17. The largest absolute Gasteiger partial charge is 0.507 e. The zero-order chi connectivity index (χ0) is 26.9. The van der Waals surface area contributed by atoms with Crippen molar-refractivity contribution in [2.75, 3.05) is 0 Å². The number of aliphatic hydroxyl groups is 2. The summed E-state index contributed by atoms with van der Waals surface area (Å²) in [6.07, 6.45) is 0. The first-order chi connectivity index (χ1) is 18.3. The van der Waals surface area contributed by atoms with Gasteiger partial charge < -0.3 is 30.6 Å². The molecule has 0 saturated carbocycles. The van der Waals surface area contributed by atoms with Crippen LogP contribution in [0, 0.1) is 0 Å². The average Bonchev–Trinajstić information content (AvgIpc) is 2.89. The summed E-state index contributed by atoms with van der Waals surface area (Å²) < 4.78 is 0. The van der Waals surface area contributed by atoms with Gasteiger partial charge in [0, 0.05) is 11.8 Å².